The van der Waals surface area contributed by atoms with E-state index in [1.54, 1.807) is 31.4 Å². The van der Waals surface area contributed by atoms with Crippen molar-refractivity contribution in [3.05, 3.63) is 35.2 Å². The Kier molecular flexibility index (Phi) is 3.36. The van der Waals surface area contributed by atoms with Gasteiger partial charge in [-0.1, -0.05) is 0 Å². The number of ether oxygens (including phenoxy) is 1. The van der Waals surface area contributed by atoms with E-state index in [1.807, 2.05) is 0 Å². The highest BCUT2D eigenvalue weighted by atomic mass is 32.2. The molecule has 0 atom stereocenters. The standard InChI is InChI=1S/C10H13NO3S/c1-14-9-5-3-8(4-6-9)10(11)7-15(2,12)13/h3-7H,11H2,1-2H3. The van der Waals surface area contributed by atoms with Gasteiger partial charge in [0.2, 0.25) is 0 Å². The van der Waals surface area contributed by atoms with E-state index in [9.17, 15) is 8.42 Å². The number of benzene rings is 1. The SMILES string of the molecule is COc1ccc(C(N)=CS(C)(=O)=O)cc1. The maximum atomic E-state index is 11.0. The summed E-state index contributed by atoms with van der Waals surface area (Å²) in [6.45, 7) is 0. The molecule has 15 heavy (non-hydrogen) atoms. The Bertz CT molecular complexity index is 460. The van der Waals surface area contributed by atoms with E-state index in [0.29, 0.717) is 11.3 Å². The van der Waals surface area contributed by atoms with Crippen LogP contribution in [0.25, 0.3) is 5.70 Å². The number of rotatable bonds is 3. The lowest BCUT2D eigenvalue weighted by Crippen LogP contribution is -2.00. The van der Waals surface area contributed by atoms with Crippen molar-refractivity contribution in [2.75, 3.05) is 13.4 Å². The van der Waals surface area contributed by atoms with Crippen LogP contribution in [0.2, 0.25) is 0 Å². The number of hydrogen-bond donors (Lipinski definition) is 1. The molecule has 2 N–H and O–H groups in total. The van der Waals surface area contributed by atoms with Gasteiger partial charge in [0.05, 0.1) is 18.2 Å². The zero-order chi connectivity index (χ0) is 11.5. The second kappa shape index (κ2) is 4.35. The molecular formula is C10H13NO3S. The molecule has 1 aromatic rings. The monoisotopic (exact) mass is 227 g/mol. The van der Waals surface area contributed by atoms with Crippen LogP contribution in [-0.2, 0) is 9.84 Å². The van der Waals surface area contributed by atoms with Crippen molar-refractivity contribution in [1.82, 2.24) is 0 Å². The van der Waals surface area contributed by atoms with Crippen molar-refractivity contribution in [3.63, 3.8) is 0 Å². The Labute approximate surface area is 89.3 Å². The highest BCUT2D eigenvalue weighted by molar-refractivity contribution is 7.93. The average molecular weight is 227 g/mol. The molecular weight excluding hydrogens is 214 g/mol. The van der Waals surface area contributed by atoms with Crippen molar-refractivity contribution in [2.24, 2.45) is 5.73 Å². The summed E-state index contributed by atoms with van der Waals surface area (Å²) in [6, 6.07) is 6.85. The molecule has 0 bridgehead atoms. The molecule has 0 aliphatic carbocycles. The molecule has 0 fully saturated rings. The van der Waals surface area contributed by atoms with Gasteiger partial charge in [-0.05, 0) is 29.8 Å². The summed E-state index contributed by atoms with van der Waals surface area (Å²) in [5.41, 5.74) is 6.49. The smallest absolute Gasteiger partial charge is 0.170 e. The van der Waals surface area contributed by atoms with Crippen LogP contribution in [0.5, 0.6) is 5.75 Å². The topological polar surface area (TPSA) is 69.4 Å². The zero-order valence-corrected chi connectivity index (χ0v) is 9.41. The second-order valence-electron chi connectivity index (χ2n) is 3.13. The summed E-state index contributed by atoms with van der Waals surface area (Å²) in [6.07, 6.45) is 1.10. The molecule has 0 unspecified atom stereocenters. The van der Waals surface area contributed by atoms with E-state index in [0.717, 1.165) is 11.7 Å². The van der Waals surface area contributed by atoms with Crippen molar-refractivity contribution >= 4 is 15.5 Å². The molecule has 5 heteroatoms. The fourth-order valence-corrected chi connectivity index (χ4v) is 1.68. The minimum Gasteiger partial charge on any atom is -0.497 e. The number of methoxy groups -OCH3 is 1. The molecule has 0 saturated carbocycles. The van der Waals surface area contributed by atoms with Crippen LogP contribution in [0.3, 0.4) is 0 Å². The summed E-state index contributed by atoms with van der Waals surface area (Å²) < 4.78 is 26.9. The van der Waals surface area contributed by atoms with E-state index in [4.69, 9.17) is 10.5 Å². The minimum absolute atomic E-state index is 0.222. The Morgan fingerprint density at radius 3 is 2.27 bits per heavy atom. The van der Waals surface area contributed by atoms with Crippen LogP contribution >= 0.6 is 0 Å². The van der Waals surface area contributed by atoms with Crippen molar-refractivity contribution < 1.29 is 13.2 Å². The third-order valence-electron chi connectivity index (χ3n) is 1.76. The van der Waals surface area contributed by atoms with E-state index >= 15 is 0 Å². The quantitative estimate of drug-likeness (QED) is 0.836. The van der Waals surface area contributed by atoms with Crippen LogP contribution in [-0.4, -0.2) is 21.8 Å². The first kappa shape index (κ1) is 11.6. The third kappa shape index (κ3) is 3.63. The van der Waals surface area contributed by atoms with Crippen LogP contribution in [0.4, 0.5) is 0 Å². The first-order chi connectivity index (χ1) is 6.92. The summed E-state index contributed by atoms with van der Waals surface area (Å²) in [4.78, 5) is 0. The first-order valence-corrected chi connectivity index (χ1v) is 6.19. The first-order valence-electron chi connectivity index (χ1n) is 4.24. The predicted octanol–water partition coefficient (Wildman–Crippen LogP) is 0.997. The lowest BCUT2D eigenvalue weighted by atomic mass is 10.2. The predicted molar refractivity (Wildman–Crippen MR) is 60.0 cm³/mol. The van der Waals surface area contributed by atoms with Gasteiger partial charge in [0, 0.05) is 6.26 Å². The lowest BCUT2D eigenvalue weighted by molar-refractivity contribution is 0.415. The number of nitrogens with two attached hydrogens (primary N) is 1. The summed E-state index contributed by atoms with van der Waals surface area (Å²) in [5.74, 6) is 0.700. The van der Waals surface area contributed by atoms with Crippen LogP contribution in [0.15, 0.2) is 29.7 Å². The highest BCUT2D eigenvalue weighted by Crippen LogP contribution is 2.15. The van der Waals surface area contributed by atoms with E-state index in [-0.39, 0.29) is 5.70 Å². The Hall–Kier alpha value is -1.49. The summed E-state index contributed by atoms with van der Waals surface area (Å²) >= 11 is 0. The Balaban J connectivity index is 3.02. The number of sulfone groups is 1. The average Bonchev–Trinajstić information content (AvgIpc) is 2.15. The molecule has 1 aromatic carbocycles. The molecule has 82 valence electrons. The molecule has 0 aliphatic rings. The van der Waals surface area contributed by atoms with Crippen LogP contribution in [0, 0.1) is 0 Å². The molecule has 0 heterocycles. The third-order valence-corrected chi connectivity index (χ3v) is 2.45. The molecule has 0 saturated heterocycles. The fourth-order valence-electron chi connectivity index (χ4n) is 1.08. The lowest BCUT2D eigenvalue weighted by Gasteiger charge is -2.03. The number of hydrogen-bond acceptors (Lipinski definition) is 4. The Morgan fingerprint density at radius 2 is 1.87 bits per heavy atom. The van der Waals surface area contributed by atoms with Crippen molar-refractivity contribution in [2.45, 2.75) is 0 Å². The maximum absolute atomic E-state index is 11.0. The van der Waals surface area contributed by atoms with E-state index in [1.165, 1.54) is 0 Å². The van der Waals surface area contributed by atoms with Gasteiger partial charge in [-0.25, -0.2) is 8.42 Å². The molecule has 0 aromatic heterocycles. The molecule has 1 rings (SSSR count). The zero-order valence-electron chi connectivity index (χ0n) is 8.60. The van der Waals surface area contributed by atoms with Gasteiger partial charge in [-0.15, -0.1) is 0 Å². The van der Waals surface area contributed by atoms with Gasteiger partial charge >= 0.3 is 0 Å². The minimum atomic E-state index is -3.21. The van der Waals surface area contributed by atoms with Crippen LogP contribution < -0.4 is 10.5 Å². The van der Waals surface area contributed by atoms with Gasteiger partial charge in [-0.2, -0.15) is 0 Å². The molecule has 0 aliphatic heterocycles. The van der Waals surface area contributed by atoms with Crippen molar-refractivity contribution in [3.8, 4) is 5.75 Å². The molecule has 0 radical (unpaired) electrons. The van der Waals surface area contributed by atoms with E-state index in [2.05, 4.69) is 0 Å². The maximum Gasteiger partial charge on any atom is 0.170 e. The van der Waals surface area contributed by atoms with E-state index < -0.39 is 9.84 Å². The van der Waals surface area contributed by atoms with Gasteiger partial charge in [0.15, 0.2) is 9.84 Å². The molecule has 0 amide bonds. The Morgan fingerprint density at radius 1 is 1.33 bits per heavy atom. The second-order valence-corrected chi connectivity index (χ2v) is 5.03. The van der Waals surface area contributed by atoms with Gasteiger partial charge < -0.3 is 10.5 Å². The largest absolute Gasteiger partial charge is 0.497 e. The fraction of sp³-hybridized carbons (Fsp3) is 0.200. The van der Waals surface area contributed by atoms with Crippen molar-refractivity contribution in [1.29, 1.82) is 0 Å². The van der Waals surface area contributed by atoms with Gasteiger partial charge in [-0.3, -0.25) is 0 Å². The summed E-state index contributed by atoms with van der Waals surface area (Å²) in [7, 11) is -1.65. The normalized spacial score (nSPS) is 12.5. The van der Waals surface area contributed by atoms with Crippen LogP contribution in [0.1, 0.15) is 5.56 Å². The molecule has 0 spiro atoms. The van der Waals surface area contributed by atoms with Gasteiger partial charge in [0.1, 0.15) is 5.75 Å². The highest BCUT2D eigenvalue weighted by Gasteiger charge is 2.02. The molecule has 4 nitrogen and oxygen atoms in total. The van der Waals surface area contributed by atoms with Gasteiger partial charge in [0.25, 0.3) is 0 Å². The summed E-state index contributed by atoms with van der Waals surface area (Å²) in [5, 5.41) is 1.04.